The Bertz CT molecular complexity index is 453. The Morgan fingerprint density at radius 1 is 1.39 bits per heavy atom. The van der Waals surface area contributed by atoms with Crippen LogP contribution in [0.1, 0.15) is 36.0 Å². The Kier molecular flexibility index (Phi) is 4.19. The van der Waals surface area contributed by atoms with Crippen LogP contribution in [0.25, 0.3) is 0 Å². The first kappa shape index (κ1) is 13.3. The predicted octanol–water partition coefficient (Wildman–Crippen LogP) is 2.48. The maximum Gasteiger partial charge on any atom is 0.254 e. The summed E-state index contributed by atoms with van der Waals surface area (Å²) in [6.07, 6.45) is 3.85. The van der Waals surface area contributed by atoms with Crippen molar-refractivity contribution < 1.29 is 9.18 Å². The molecule has 2 atom stereocenters. The minimum atomic E-state index is -0.568. The van der Waals surface area contributed by atoms with E-state index in [1.165, 1.54) is 18.2 Å². The molecule has 0 aliphatic heterocycles. The van der Waals surface area contributed by atoms with Gasteiger partial charge in [0.25, 0.3) is 5.91 Å². The standard InChI is InChI=1S/C13H16ClFN2O/c14-8-5-6-10(15)9(7-8)13(18)17-12-4-2-1-3-11(12)16/h5-7,11-12H,1-4,16H2,(H,17,18)/t11-,12-/m1/s1. The molecule has 3 N–H and O–H groups in total. The van der Waals surface area contributed by atoms with Crippen molar-refractivity contribution in [2.24, 2.45) is 5.73 Å². The van der Waals surface area contributed by atoms with Gasteiger partial charge in [-0.3, -0.25) is 4.79 Å². The molecule has 0 spiro atoms. The van der Waals surface area contributed by atoms with Gasteiger partial charge >= 0.3 is 0 Å². The second-order valence-electron chi connectivity index (χ2n) is 4.65. The van der Waals surface area contributed by atoms with E-state index in [0.717, 1.165) is 25.7 Å². The number of hydrogen-bond acceptors (Lipinski definition) is 2. The lowest BCUT2D eigenvalue weighted by atomic mass is 9.91. The van der Waals surface area contributed by atoms with Crippen molar-refractivity contribution in [2.45, 2.75) is 37.8 Å². The lowest BCUT2D eigenvalue weighted by Crippen LogP contribution is -2.49. The van der Waals surface area contributed by atoms with Crippen molar-refractivity contribution in [3.63, 3.8) is 0 Å². The van der Waals surface area contributed by atoms with Gasteiger partial charge in [-0.1, -0.05) is 24.4 Å². The largest absolute Gasteiger partial charge is 0.348 e. The van der Waals surface area contributed by atoms with Gasteiger partial charge < -0.3 is 11.1 Å². The van der Waals surface area contributed by atoms with Crippen LogP contribution >= 0.6 is 11.6 Å². The fourth-order valence-electron chi connectivity index (χ4n) is 2.26. The molecule has 0 radical (unpaired) electrons. The molecule has 1 aromatic rings. The zero-order chi connectivity index (χ0) is 13.1. The van der Waals surface area contributed by atoms with Crippen LogP contribution in [0.4, 0.5) is 4.39 Å². The summed E-state index contributed by atoms with van der Waals surface area (Å²) in [6, 6.07) is 3.81. The zero-order valence-corrected chi connectivity index (χ0v) is 10.7. The Morgan fingerprint density at radius 3 is 2.83 bits per heavy atom. The first-order valence-electron chi connectivity index (χ1n) is 6.09. The molecule has 2 rings (SSSR count). The summed E-state index contributed by atoms with van der Waals surface area (Å²) in [5.74, 6) is -1.02. The van der Waals surface area contributed by atoms with E-state index in [9.17, 15) is 9.18 Å². The van der Waals surface area contributed by atoms with Gasteiger partial charge in [0.05, 0.1) is 5.56 Å². The molecule has 1 saturated carbocycles. The summed E-state index contributed by atoms with van der Waals surface area (Å²) in [4.78, 5) is 12.0. The van der Waals surface area contributed by atoms with Gasteiger partial charge in [0.1, 0.15) is 5.82 Å². The molecule has 1 aromatic carbocycles. The molecule has 98 valence electrons. The van der Waals surface area contributed by atoms with E-state index in [4.69, 9.17) is 17.3 Å². The first-order chi connectivity index (χ1) is 8.58. The van der Waals surface area contributed by atoms with Crippen LogP contribution in [0.2, 0.25) is 5.02 Å². The van der Waals surface area contributed by atoms with Gasteiger partial charge in [-0.05, 0) is 31.0 Å². The predicted molar refractivity (Wildman–Crippen MR) is 69.1 cm³/mol. The van der Waals surface area contributed by atoms with Crippen LogP contribution in [-0.2, 0) is 0 Å². The monoisotopic (exact) mass is 270 g/mol. The van der Waals surface area contributed by atoms with Crippen molar-refractivity contribution in [3.8, 4) is 0 Å². The lowest BCUT2D eigenvalue weighted by Gasteiger charge is -2.29. The van der Waals surface area contributed by atoms with Crippen molar-refractivity contribution in [1.82, 2.24) is 5.32 Å². The summed E-state index contributed by atoms with van der Waals surface area (Å²) in [6.45, 7) is 0. The van der Waals surface area contributed by atoms with Crippen molar-refractivity contribution in [2.75, 3.05) is 0 Å². The Morgan fingerprint density at radius 2 is 2.11 bits per heavy atom. The molecular weight excluding hydrogens is 255 g/mol. The van der Waals surface area contributed by atoms with Crippen LogP contribution < -0.4 is 11.1 Å². The van der Waals surface area contributed by atoms with Crippen LogP contribution in [0.3, 0.4) is 0 Å². The number of carbonyl (C=O) groups is 1. The number of amides is 1. The van der Waals surface area contributed by atoms with E-state index in [1.807, 2.05) is 0 Å². The van der Waals surface area contributed by atoms with Crippen LogP contribution in [0.15, 0.2) is 18.2 Å². The fraction of sp³-hybridized carbons (Fsp3) is 0.462. The molecule has 1 aliphatic carbocycles. The summed E-state index contributed by atoms with van der Waals surface area (Å²) in [5.41, 5.74) is 5.91. The number of rotatable bonds is 2. The maximum atomic E-state index is 13.5. The maximum absolute atomic E-state index is 13.5. The number of nitrogens with one attached hydrogen (secondary N) is 1. The van der Waals surface area contributed by atoms with Crippen molar-refractivity contribution >= 4 is 17.5 Å². The SMILES string of the molecule is N[C@@H]1CCCC[C@H]1NC(=O)c1cc(Cl)ccc1F. The third-order valence-electron chi connectivity index (χ3n) is 3.31. The second kappa shape index (κ2) is 5.67. The number of nitrogens with two attached hydrogens (primary N) is 1. The molecule has 0 unspecified atom stereocenters. The average molecular weight is 271 g/mol. The molecule has 0 bridgehead atoms. The van der Waals surface area contributed by atoms with Gasteiger partial charge in [-0.2, -0.15) is 0 Å². The summed E-state index contributed by atoms with van der Waals surface area (Å²) < 4.78 is 13.5. The van der Waals surface area contributed by atoms with E-state index in [2.05, 4.69) is 5.32 Å². The Labute approximate surface area is 111 Å². The Balaban J connectivity index is 2.09. The highest BCUT2D eigenvalue weighted by molar-refractivity contribution is 6.31. The normalized spacial score (nSPS) is 23.7. The first-order valence-corrected chi connectivity index (χ1v) is 6.47. The van der Waals surface area contributed by atoms with E-state index in [1.54, 1.807) is 0 Å². The van der Waals surface area contributed by atoms with Crippen LogP contribution in [0, 0.1) is 5.82 Å². The molecule has 1 fully saturated rings. The van der Waals surface area contributed by atoms with Gasteiger partial charge in [-0.15, -0.1) is 0 Å². The molecule has 0 aromatic heterocycles. The fourth-order valence-corrected chi connectivity index (χ4v) is 2.43. The number of benzene rings is 1. The highest BCUT2D eigenvalue weighted by Crippen LogP contribution is 2.19. The topological polar surface area (TPSA) is 55.1 Å². The number of halogens is 2. The molecule has 1 amide bonds. The highest BCUT2D eigenvalue weighted by atomic mass is 35.5. The quantitative estimate of drug-likeness (QED) is 0.867. The minimum Gasteiger partial charge on any atom is -0.348 e. The molecule has 5 heteroatoms. The zero-order valence-electron chi connectivity index (χ0n) is 9.96. The van der Waals surface area contributed by atoms with E-state index in [-0.39, 0.29) is 17.6 Å². The lowest BCUT2D eigenvalue weighted by molar-refractivity contribution is 0.0917. The third kappa shape index (κ3) is 3.00. The van der Waals surface area contributed by atoms with Gasteiger partial charge in [-0.25, -0.2) is 4.39 Å². The third-order valence-corrected chi connectivity index (χ3v) is 3.54. The van der Waals surface area contributed by atoms with E-state index < -0.39 is 11.7 Å². The molecule has 1 aliphatic rings. The van der Waals surface area contributed by atoms with Gasteiger partial charge in [0.15, 0.2) is 0 Å². The van der Waals surface area contributed by atoms with E-state index in [0.29, 0.717) is 5.02 Å². The van der Waals surface area contributed by atoms with Crippen LogP contribution in [-0.4, -0.2) is 18.0 Å². The number of carbonyl (C=O) groups excluding carboxylic acids is 1. The smallest absolute Gasteiger partial charge is 0.254 e. The molecule has 3 nitrogen and oxygen atoms in total. The highest BCUT2D eigenvalue weighted by Gasteiger charge is 2.24. The molecule has 18 heavy (non-hydrogen) atoms. The summed E-state index contributed by atoms with van der Waals surface area (Å²) in [5, 5.41) is 3.13. The van der Waals surface area contributed by atoms with Crippen molar-refractivity contribution in [3.05, 3.63) is 34.6 Å². The molecular formula is C13H16ClFN2O. The van der Waals surface area contributed by atoms with Crippen LogP contribution in [0.5, 0.6) is 0 Å². The average Bonchev–Trinajstić information content (AvgIpc) is 2.35. The second-order valence-corrected chi connectivity index (χ2v) is 5.09. The number of hydrogen-bond donors (Lipinski definition) is 2. The summed E-state index contributed by atoms with van der Waals surface area (Å²) in [7, 11) is 0. The Hall–Kier alpha value is -1.13. The molecule has 0 saturated heterocycles. The summed E-state index contributed by atoms with van der Waals surface area (Å²) >= 11 is 5.76. The van der Waals surface area contributed by atoms with Gasteiger partial charge in [0.2, 0.25) is 0 Å². The van der Waals surface area contributed by atoms with E-state index >= 15 is 0 Å². The van der Waals surface area contributed by atoms with Gasteiger partial charge in [0, 0.05) is 17.1 Å². The molecule has 0 heterocycles. The van der Waals surface area contributed by atoms with Crippen molar-refractivity contribution in [1.29, 1.82) is 0 Å². The minimum absolute atomic E-state index is 0.0275.